The largest absolute Gasteiger partial charge is 0.497 e. The molecular weight excluding hydrogens is 1370 g/mol. The summed E-state index contributed by atoms with van der Waals surface area (Å²) in [5.41, 5.74) is 12.0. The average Bonchev–Trinajstić information content (AvgIpc) is 1.57. The van der Waals surface area contributed by atoms with Crippen LogP contribution in [-0.2, 0) is 59.5 Å². The van der Waals surface area contributed by atoms with Crippen LogP contribution >= 0.6 is 0 Å². The van der Waals surface area contributed by atoms with Gasteiger partial charge in [0.1, 0.15) is 18.1 Å². The lowest BCUT2D eigenvalue weighted by molar-refractivity contribution is -0.133. The zero-order chi connectivity index (χ0) is 75.8. The number of fused-ring (bicyclic) bond motifs is 6. The number of nitrogens with zero attached hydrogens (tertiary/aromatic N) is 4. The molecule has 0 bridgehead atoms. The Balaban J connectivity index is 0.604. The van der Waals surface area contributed by atoms with E-state index in [9.17, 15) is 48.3 Å². The Labute approximate surface area is 622 Å². The van der Waals surface area contributed by atoms with Gasteiger partial charge in [-0.3, -0.25) is 44.2 Å². The number of rotatable bonds is 30. The summed E-state index contributed by atoms with van der Waals surface area (Å²) >= 11 is 0. The van der Waals surface area contributed by atoms with E-state index in [1.54, 1.807) is 75.1 Å². The summed E-state index contributed by atoms with van der Waals surface area (Å²) in [6.45, 7) is 5.49. The smallest absolute Gasteiger partial charge is 0.416 e. The molecule has 5 atom stereocenters. The molecular formula is C82H93N9O16. The Hall–Kier alpha value is -11.1. The monoisotopic (exact) mass is 1460 g/mol. The molecule has 2 fully saturated rings. The number of amides is 6. The number of aliphatic hydroxyl groups is 1. The molecule has 0 radical (unpaired) electrons. The van der Waals surface area contributed by atoms with Gasteiger partial charge >= 0.3 is 6.09 Å². The van der Waals surface area contributed by atoms with Crippen LogP contribution < -0.4 is 60.7 Å². The minimum atomic E-state index is -1.48. The SMILES string of the molecule is CN/C1=C(\NN)c2ccccc2N(C(=O)CCC(=O)CCC(=O)NCC(=O)C[C@H](C(=O)N[C@@H](C)C(=O)Cc2ccc(COC(=O)N3c4cc(OCCCOc5cc6c(cc5OC)C(=O)N5C=C(c7ccc(OC)cc7)C[C@H]5CC6)c(OC)cc4C(=O)N4CC5(CC5)C[C@H]4[C@@H]3O)cc2)C(C)C)Cc2ccccc21. The van der Waals surface area contributed by atoms with Gasteiger partial charge in [-0.25, -0.2) is 9.69 Å². The van der Waals surface area contributed by atoms with E-state index in [2.05, 4.69) is 21.4 Å². The van der Waals surface area contributed by atoms with Gasteiger partial charge in [-0.2, -0.15) is 0 Å². The predicted octanol–water partition coefficient (Wildman–Crippen LogP) is 9.38. The van der Waals surface area contributed by atoms with E-state index in [0.29, 0.717) is 70.9 Å². The second kappa shape index (κ2) is 33.2. The molecule has 562 valence electrons. The molecule has 1 aliphatic carbocycles. The van der Waals surface area contributed by atoms with E-state index in [4.69, 9.17) is 34.3 Å². The first-order valence-corrected chi connectivity index (χ1v) is 36.5. The minimum Gasteiger partial charge on any atom is -0.497 e. The summed E-state index contributed by atoms with van der Waals surface area (Å²) in [5, 5.41) is 20.8. The fraction of sp³-hybridized carbons (Fsp3) is 0.402. The first kappa shape index (κ1) is 75.6. The Bertz CT molecular complexity index is 4470. The number of ether oxygens (including phenoxy) is 6. The lowest BCUT2D eigenvalue weighted by Crippen LogP contribution is -2.50. The van der Waals surface area contributed by atoms with Gasteiger partial charge in [0, 0.05) is 99.5 Å². The lowest BCUT2D eigenvalue weighted by atomic mass is 9.89. The number of hydrogen-bond donors (Lipinski definition) is 6. The molecule has 6 amide bonds. The highest BCUT2D eigenvalue weighted by molar-refractivity contribution is 6.07. The fourth-order valence-electron chi connectivity index (χ4n) is 15.0. The summed E-state index contributed by atoms with van der Waals surface area (Å²) in [7, 11) is 6.41. The van der Waals surface area contributed by atoms with Crippen LogP contribution in [0.5, 0.6) is 28.7 Å². The molecule has 0 unspecified atom stereocenters. The number of Topliss-reactive ketones (excluding diaryl/α,β-unsaturated/α-hetero) is 3. The number of methoxy groups -OCH3 is 3. The highest BCUT2D eigenvalue weighted by atomic mass is 16.6. The second-order valence-electron chi connectivity index (χ2n) is 28.7. The quantitative estimate of drug-likeness (QED) is 0.0139. The standard InChI is InChI=1S/C82H93N9O16/c1-48(2)62(38-58(93)43-85-73(95)29-25-57(92)26-30-74(96)89-44-54-13-8-9-14-60(54)75(84-4)76(87-83)61-15-10-11-16-65(61)89)77(97)86-49(3)68(94)35-50-17-19-51(20-18-50)46-107-81(101)91-66-41-72(70(104-7)40-64(66)79(99)90-47-82(31-32-82)42-67(90)80(91)100)106-34-12-33-105-71-37-53-21-24-56-36-55(52-22-27-59(102-5)28-23-52)45-88(56)78(98)63(53)39-69(71)103-6/h8-11,13-20,22-23,27-28,37,39-41,45,48-49,56,62,67,80,84,87,100H,12,21,24-26,29-36,38,42-44,46-47,83H2,1-7H3,(H,85,95)(H,86,97)/b76-75-/t49-,56+,62-,67-,80-/m0/s1. The fourth-order valence-corrected chi connectivity index (χ4v) is 15.0. The number of carbonyl (C=O) groups excluding carboxylic acids is 9. The van der Waals surface area contributed by atoms with Crippen molar-refractivity contribution in [2.75, 3.05) is 64.5 Å². The number of nitrogens with two attached hydrogens (primary N) is 1. The summed E-state index contributed by atoms with van der Waals surface area (Å²) in [5.74, 6) is 4.20. The number of benzene rings is 6. The first-order chi connectivity index (χ1) is 51.6. The van der Waals surface area contributed by atoms with E-state index in [-0.39, 0.29) is 141 Å². The van der Waals surface area contributed by atoms with Gasteiger partial charge in [-0.15, -0.1) is 0 Å². The van der Waals surface area contributed by atoms with Crippen molar-refractivity contribution in [2.45, 2.75) is 142 Å². The van der Waals surface area contributed by atoms with E-state index in [0.717, 1.165) is 69.9 Å². The number of hydrazine groups is 1. The summed E-state index contributed by atoms with van der Waals surface area (Å²) in [6, 6.07) is 34.7. The van der Waals surface area contributed by atoms with Gasteiger partial charge in [-0.05, 0) is 127 Å². The van der Waals surface area contributed by atoms with Crippen molar-refractivity contribution in [2.24, 2.45) is 23.1 Å². The van der Waals surface area contributed by atoms with Crippen molar-refractivity contribution in [1.82, 2.24) is 31.2 Å². The first-order valence-electron chi connectivity index (χ1n) is 36.5. The zero-order valence-corrected chi connectivity index (χ0v) is 61.5. The Morgan fingerprint density at radius 1 is 0.692 bits per heavy atom. The molecule has 25 nitrogen and oxygen atoms in total. The van der Waals surface area contributed by atoms with Crippen LogP contribution in [0, 0.1) is 17.3 Å². The van der Waals surface area contributed by atoms with Gasteiger partial charge in [0.15, 0.2) is 40.8 Å². The van der Waals surface area contributed by atoms with Crippen LogP contribution in [0.25, 0.3) is 17.0 Å². The van der Waals surface area contributed by atoms with Crippen LogP contribution in [0.2, 0.25) is 0 Å². The number of nitrogens with one attached hydrogen (secondary N) is 4. The summed E-state index contributed by atoms with van der Waals surface area (Å²) < 4.78 is 35.4. The number of anilines is 2. The number of aryl methyl sites for hydroxylation is 1. The molecule has 7 N–H and O–H groups in total. The molecule has 5 heterocycles. The molecule has 12 rings (SSSR count). The van der Waals surface area contributed by atoms with E-state index >= 15 is 0 Å². The molecule has 6 aliphatic rings. The third-order valence-electron chi connectivity index (χ3n) is 21.3. The molecule has 25 heteroatoms. The van der Waals surface area contributed by atoms with Crippen LogP contribution in [-0.4, -0.2) is 147 Å². The maximum absolute atomic E-state index is 14.5. The number of carbonyl (C=O) groups is 9. The lowest BCUT2D eigenvalue weighted by Gasteiger charge is -2.31. The highest BCUT2D eigenvalue weighted by Gasteiger charge is 2.58. The molecule has 1 saturated heterocycles. The molecule has 1 spiro atoms. The predicted molar refractivity (Wildman–Crippen MR) is 400 cm³/mol. The Morgan fingerprint density at radius 2 is 1.36 bits per heavy atom. The highest BCUT2D eigenvalue weighted by Crippen LogP contribution is 2.57. The number of hydrogen-bond acceptors (Lipinski definition) is 19. The van der Waals surface area contributed by atoms with Gasteiger partial charge in [0.25, 0.3) is 11.8 Å². The van der Waals surface area contributed by atoms with Crippen molar-refractivity contribution < 1.29 is 76.7 Å². The molecule has 0 aromatic heterocycles. The topological polar surface area (TPSA) is 316 Å². The Kier molecular flexibility index (Phi) is 23.4. The second-order valence-corrected chi connectivity index (χ2v) is 28.7. The summed E-state index contributed by atoms with van der Waals surface area (Å²) in [6.07, 6.45) is 3.53. The van der Waals surface area contributed by atoms with Crippen LogP contribution in [0.3, 0.4) is 0 Å². The average molecular weight is 1460 g/mol. The van der Waals surface area contributed by atoms with Crippen LogP contribution in [0.15, 0.2) is 128 Å². The third kappa shape index (κ3) is 16.8. The van der Waals surface area contributed by atoms with Crippen LogP contribution in [0.4, 0.5) is 16.2 Å². The molecule has 1 saturated carbocycles. The van der Waals surface area contributed by atoms with E-state index in [1.807, 2.05) is 90.0 Å². The third-order valence-corrected chi connectivity index (χ3v) is 21.3. The number of aliphatic hydroxyl groups excluding tert-OH is 1. The van der Waals surface area contributed by atoms with Gasteiger partial charge < -0.3 is 69.6 Å². The van der Waals surface area contributed by atoms with Crippen molar-refractivity contribution >= 4 is 81.3 Å². The van der Waals surface area contributed by atoms with Crippen molar-refractivity contribution in [3.05, 3.63) is 178 Å². The molecule has 107 heavy (non-hydrogen) atoms. The van der Waals surface area contributed by atoms with Crippen molar-refractivity contribution in [3.8, 4) is 28.7 Å². The number of para-hydroxylation sites is 1. The van der Waals surface area contributed by atoms with Gasteiger partial charge in [-0.1, -0.05) is 92.7 Å². The maximum Gasteiger partial charge on any atom is 0.416 e. The van der Waals surface area contributed by atoms with Gasteiger partial charge in [0.2, 0.25) is 17.7 Å². The van der Waals surface area contributed by atoms with E-state index in [1.165, 1.54) is 26.4 Å². The zero-order valence-electron chi connectivity index (χ0n) is 61.5. The van der Waals surface area contributed by atoms with Gasteiger partial charge in [0.05, 0.1) is 88.0 Å². The normalized spacial score (nSPS) is 18.6. The minimum absolute atomic E-state index is 0.00536. The molecule has 6 aromatic carbocycles. The Morgan fingerprint density at radius 3 is 2.05 bits per heavy atom. The molecule has 6 aromatic rings. The number of ketones is 3. The van der Waals surface area contributed by atoms with Crippen molar-refractivity contribution in [3.63, 3.8) is 0 Å². The van der Waals surface area contributed by atoms with Crippen molar-refractivity contribution in [1.29, 1.82) is 0 Å². The molecule has 5 aliphatic heterocycles. The van der Waals surface area contributed by atoms with E-state index < -0.39 is 47.9 Å². The van der Waals surface area contributed by atoms with Crippen LogP contribution in [0.1, 0.15) is 151 Å². The maximum atomic E-state index is 14.5. The summed E-state index contributed by atoms with van der Waals surface area (Å²) in [4.78, 5) is 130.